The molecule has 1 aromatic heterocycles. The van der Waals surface area contributed by atoms with E-state index < -0.39 is 0 Å². The van der Waals surface area contributed by atoms with Gasteiger partial charge in [0.25, 0.3) is 0 Å². The summed E-state index contributed by atoms with van der Waals surface area (Å²) in [6, 6.07) is 17.8. The van der Waals surface area contributed by atoms with Crippen molar-refractivity contribution >= 4 is 17.6 Å². The van der Waals surface area contributed by atoms with Crippen LogP contribution in [-0.2, 0) is 12.8 Å². The fraction of sp³-hybridized carbons (Fsp3) is 0.286. The molecule has 0 aliphatic carbocycles. The summed E-state index contributed by atoms with van der Waals surface area (Å²) < 4.78 is 5.33. The van der Waals surface area contributed by atoms with Crippen LogP contribution < -0.4 is 10.6 Å². The average molecular weight is 398 g/mol. The third-order valence-corrected chi connectivity index (χ3v) is 4.27. The number of nitrogens with one attached hydrogen (secondary N) is 2. The van der Waals surface area contributed by atoms with E-state index in [-0.39, 0.29) is 0 Å². The molecule has 146 valence electrons. The maximum absolute atomic E-state index is 6.01. The summed E-state index contributed by atoms with van der Waals surface area (Å²) in [5.41, 5.74) is 2.13. The molecule has 0 radical (unpaired) electrons. The van der Waals surface area contributed by atoms with Crippen LogP contribution in [-0.4, -0.2) is 35.7 Å². The third kappa shape index (κ3) is 6.09. The Hall–Kier alpha value is -2.86. The Morgan fingerprint density at radius 2 is 1.93 bits per heavy atom. The van der Waals surface area contributed by atoms with Gasteiger partial charge in [-0.1, -0.05) is 59.2 Å². The van der Waals surface area contributed by atoms with E-state index in [2.05, 4.69) is 50.0 Å². The number of halogens is 1. The molecule has 28 heavy (non-hydrogen) atoms. The Kier molecular flexibility index (Phi) is 7.44. The molecule has 0 aliphatic rings. The van der Waals surface area contributed by atoms with Crippen LogP contribution in [0.1, 0.15) is 18.4 Å². The molecule has 3 rings (SSSR count). The quantitative estimate of drug-likeness (QED) is 0.447. The minimum absolute atomic E-state index is 0.536. The molecule has 1 heterocycles. The van der Waals surface area contributed by atoms with Crippen molar-refractivity contribution in [1.82, 2.24) is 20.8 Å². The fourth-order valence-electron chi connectivity index (χ4n) is 2.68. The first kappa shape index (κ1) is 19.9. The van der Waals surface area contributed by atoms with Gasteiger partial charge in [0.2, 0.25) is 11.7 Å². The first-order valence-electron chi connectivity index (χ1n) is 9.39. The van der Waals surface area contributed by atoms with Gasteiger partial charge < -0.3 is 15.2 Å². The van der Waals surface area contributed by atoms with Crippen molar-refractivity contribution in [2.45, 2.75) is 19.8 Å². The summed E-state index contributed by atoms with van der Waals surface area (Å²) in [5.74, 6) is 1.88. The highest BCUT2D eigenvalue weighted by Crippen LogP contribution is 2.19. The molecule has 2 aromatic carbocycles. The zero-order chi connectivity index (χ0) is 19.6. The smallest absolute Gasteiger partial charge is 0.228 e. The predicted octanol–water partition coefficient (Wildman–Crippen LogP) is 3.73. The fourth-order valence-corrected chi connectivity index (χ4v) is 2.87. The van der Waals surface area contributed by atoms with Crippen LogP contribution >= 0.6 is 11.6 Å². The van der Waals surface area contributed by atoms with E-state index in [9.17, 15) is 0 Å². The summed E-state index contributed by atoms with van der Waals surface area (Å²) in [6.07, 6.45) is 1.51. The monoisotopic (exact) mass is 397 g/mol. The molecule has 0 bridgehead atoms. The number of hydrogen-bond acceptors (Lipinski definition) is 4. The molecule has 3 aromatic rings. The van der Waals surface area contributed by atoms with Crippen LogP contribution in [0.2, 0.25) is 5.02 Å². The van der Waals surface area contributed by atoms with E-state index in [0.717, 1.165) is 31.0 Å². The zero-order valence-electron chi connectivity index (χ0n) is 15.9. The van der Waals surface area contributed by atoms with Crippen molar-refractivity contribution in [1.29, 1.82) is 0 Å². The van der Waals surface area contributed by atoms with Gasteiger partial charge >= 0.3 is 0 Å². The molecule has 0 atom stereocenters. The molecule has 7 heteroatoms. The van der Waals surface area contributed by atoms with Crippen LogP contribution in [0.15, 0.2) is 64.1 Å². The second kappa shape index (κ2) is 10.5. The molecule has 0 spiro atoms. The predicted molar refractivity (Wildman–Crippen MR) is 113 cm³/mol. The van der Waals surface area contributed by atoms with Gasteiger partial charge in [-0.05, 0) is 31.0 Å². The lowest BCUT2D eigenvalue weighted by atomic mass is 10.1. The summed E-state index contributed by atoms with van der Waals surface area (Å²) in [5, 5.41) is 11.3. The maximum atomic E-state index is 6.01. The molecule has 0 amide bonds. The Bertz CT molecular complexity index is 895. The summed E-state index contributed by atoms with van der Waals surface area (Å²) in [7, 11) is 0. The summed E-state index contributed by atoms with van der Waals surface area (Å²) in [4.78, 5) is 9.00. The van der Waals surface area contributed by atoms with Gasteiger partial charge in [0, 0.05) is 30.1 Å². The van der Waals surface area contributed by atoms with Gasteiger partial charge in [-0.15, -0.1) is 0 Å². The van der Waals surface area contributed by atoms with Crippen LogP contribution in [0, 0.1) is 0 Å². The van der Waals surface area contributed by atoms with E-state index in [1.807, 2.05) is 37.3 Å². The average Bonchev–Trinajstić information content (AvgIpc) is 3.18. The maximum Gasteiger partial charge on any atom is 0.228 e. The van der Waals surface area contributed by atoms with Crippen molar-refractivity contribution < 1.29 is 4.52 Å². The minimum Gasteiger partial charge on any atom is -0.357 e. The van der Waals surface area contributed by atoms with E-state index in [1.54, 1.807) is 0 Å². The molecule has 0 saturated carbocycles. The molecule has 6 nitrogen and oxygen atoms in total. The Labute approximate surface area is 170 Å². The van der Waals surface area contributed by atoms with E-state index in [4.69, 9.17) is 16.1 Å². The lowest BCUT2D eigenvalue weighted by Gasteiger charge is -2.11. The highest BCUT2D eigenvalue weighted by atomic mass is 35.5. The van der Waals surface area contributed by atoms with Crippen LogP contribution in [0.3, 0.4) is 0 Å². The molecule has 0 fully saturated rings. The van der Waals surface area contributed by atoms with Crippen LogP contribution in [0.5, 0.6) is 0 Å². The normalized spacial score (nSPS) is 11.4. The number of aliphatic imine (C=N–C) groups is 1. The van der Waals surface area contributed by atoms with Crippen molar-refractivity contribution in [2.24, 2.45) is 4.99 Å². The second-order valence-electron chi connectivity index (χ2n) is 6.20. The number of benzene rings is 2. The van der Waals surface area contributed by atoms with E-state index in [1.165, 1.54) is 5.56 Å². The summed E-state index contributed by atoms with van der Waals surface area (Å²) in [6.45, 7) is 4.22. The van der Waals surface area contributed by atoms with Crippen molar-refractivity contribution in [2.75, 3.05) is 19.6 Å². The van der Waals surface area contributed by atoms with Crippen molar-refractivity contribution in [3.05, 3.63) is 71.1 Å². The molecular formula is C21H24ClN5O. The molecule has 2 N–H and O–H groups in total. The topological polar surface area (TPSA) is 75.3 Å². The first-order chi connectivity index (χ1) is 13.7. The standard InChI is InChI=1S/C21H24ClN5O/c1-2-23-21(24-13-11-16-7-4-3-5-8-16)25-14-12-19-26-20(27-28-19)17-9-6-10-18(22)15-17/h3-10,15H,2,11-14H2,1H3,(H2,23,24,25). The number of guanidine groups is 1. The van der Waals surface area contributed by atoms with Crippen molar-refractivity contribution in [3.63, 3.8) is 0 Å². The Morgan fingerprint density at radius 3 is 2.71 bits per heavy atom. The number of nitrogens with zero attached hydrogens (tertiary/aromatic N) is 3. The Balaban J connectivity index is 1.51. The SMILES string of the molecule is CCNC(=NCCc1nc(-c2cccc(Cl)c2)no1)NCCc1ccccc1. The van der Waals surface area contributed by atoms with Gasteiger partial charge in [0.05, 0.1) is 6.54 Å². The van der Waals surface area contributed by atoms with E-state index >= 15 is 0 Å². The lowest BCUT2D eigenvalue weighted by Crippen LogP contribution is -2.38. The highest BCUT2D eigenvalue weighted by molar-refractivity contribution is 6.30. The number of hydrogen-bond donors (Lipinski definition) is 2. The van der Waals surface area contributed by atoms with Gasteiger partial charge in [-0.25, -0.2) is 0 Å². The number of aromatic nitrogens is 2. The van der Waals surface area contributed by atoms with Crippen molar-refractivity contribution in [3.8, 4) is 11.4 Å². The van der Waals surface area contributed by atoms with Gasteiger partial charge in [0.15, 0.2) is 5.96 Å². The largest absolute Gasteiger partial charge is 0.357 e. The van der Waals surface area contributed by atoms with Gasteiger partial charge in [0.1, 0.15) is 0 Å². The van der Waals surface area contributed by atoms with Crippen LogP contribution in [0.25, 0.3) is 11.4 Å². The molecule has 0 unspecified atom stereocenters. The summed E-state index contributed by atoms with van der Waals surface area (Å²) >= 11 is 6.01. The lowest BCUT2D eigenvalue weighted by molar-refractivity contribution is 0.380. The zero-order valence-corrected chi connectivity index (χ0v) is 16.6. The first-order valence-corrected chi connectivity index (χ1v) is 9.77. The molecular weight excluding hydrogens is 374 g/mol. The third-order valence-electron chi connectivity index (χ3n) is 4.04. The molecule has 0 saturated heterocycles. The van der Waals surface area contributed by atoms with Crippen LogP contribution in [0.4, 0.5) is 0 Å². The minimum atomic E-state index is 0.536. The van der Waals surface area contributed by atoms with Gasteiger partial charge in [-0.3, -0.25) is 4.99 Å². The Morgan fingerprint density at radius 1 is 1.07 bits per heavy atom. The molecule has 0 aliphatic heterocycles. The second-order valence-corrected chi connectivity index (χ2v) is 6.63. The highest BCUT2D eigenvalue weighted by Gasteiger charge is 2.09. The van der Waals surface area contributed by atoms with Gasteiger partial charge in [-0.2, -0.15) is 4.98 Å². The van der Waals surface area contributed by atoms with E-state index in [0.29, 0.717) is 29.7 Å². The number of rotatable bonds is 8.